The fraction of sp³-hybridized carbons (Fsp3) is 0.625. The molecule has 0 fully saturated rings. The predicted molar refractivity (Wildman–Crippen MR) is 77.7 cm³/mol. The predicted octanol–water partition coefficient (Wildman–Crippen LogP) is 2.30. The molecule has 1 atom stereocenters. The van der Waals surface area contributed by atoms with E-state index in [1.807, 2.05) is 19.2 Å². The molecule has 3 nitrogen and oxygen atoms in total. The number of hydrogen-bond acceptors (Lipinski definition) is 3. The third-order valence-corrected chi connectivity index (χ3v) is 4.22. The van der Waals surface area contributed by atoms with Crippen molar-refractivity contribution >= 4 is 0 Å². The van der Waals surface area contributed by atoms with E-state index in [0.717, 1.165) is 50.8 Å². The second-order valence-electron chi connectivity index (χ2n) is 5.53. The Labute approximate surface area is 116 Å². The second-order valence-corrected chi connectivity index (χ2v) is 5.53. The highest BCUT2D eigenvalue weighted by molar-refractivity contribution is 5.41. The van der Waals surface area contributed by atoms with Gasteiger partial charge in [-0.3, -0.25) is 0 Å². The van der Waals surface area contributed by atoms with Gasteiger partial charge in [0.05, 0.1) is 12.7 Å². The summed E-state index contributed by atoms with van der Waals surface area (Å²) in [7, 11) is 3.68. The van der Waals surface area contributed by atoms with Crippen LogP contribution in [0.5, 0.6) is 5.75 Å². The van der Waals surface area contributed by atoms with Gasteiger partial charge in [0.25, 0.3) is 0 Å². The van der Waals surface area contributed by atoms with Gasteiger partial charge in [0.2, 0.25) is 0 Å². The highest BCUT2D eigenvalue weighted by atomic mass is 16.5. The van der Waals surface area contributed by atoms with Crippen LogP contribution in [0.2, 0.25) is 0 Å². The van der Waals surface area contributed by atoms with Crippen LogP contribution >= 0.6 is 0 Å². The summed E-state index contributed by atoms with van der Waals surface area (Å²) in [5, 5.41) is 13.9. The maximum atomic E-state index is 10.7. The molecule has 0 bridgehead atoms. The van der Waals surface area contributed by atoms with Gasteiger partial charge in [-0.15, -0.1) is 0 Å². The van der Waals surface area contributed by atoms with Gasteiger partial charge in [-0.2, -0.15) is 0 Å². The molecule has 1 aromatic carbocycles. The molecule has 0 spiro atoms. The van der Waals surface area contributed by atoms with Gasteiger partial charge in [0.1, 0.15) is 5.75 Å². The number of fused-ring (bicyclic) bond motifs is 1. The normalized spacial score (nSPS) is 22.7. The Morgan fingerprint density at radius 2 is 2.11 bits per heavy atom. The number of benzene rings is 1. The van der Waals surface area contributed by atoms with Crippen LogP contribution in [-0.2, 0) is 12.8 Å². The molecule has 1 unspecified atom stereocenters. The van der Waals surface area contributed by atoms with Crippen molar-refractivity contribution in [3.8, 4) is 5.75 Å². The zero-order chi connectivity index (χ0) is 13.7. The van der Waals surface area contributed by atoms with Crippen molar-refractivity contribution in [2.45, 2.75) is 44.1 Å². The molecule has 0 heterocycles. The van der Waals surface area contributed by atoms with Crippen LogP contribution in [0.4, 0.5) is 0 Å². The van der Waals surface area contributed by atoms with Gasteiger partial charge >= 0.3 is 0 Å². The Morgan fingerprint density at radius 3 is 2.84 bits per heavy atom. The van der Waals surface area contributed by atoms with Gasteiger partial charge in [-0.1, -0.05) is 12.1 Å². The minimum Gasteiger partial charge on any atom is -0.496 e. The Kier molecular flexibility index (Phi) is 4.83. The van der Waals surface area contributed by atoms with E-state index in [4.69, 9.17) is 4.74 Å². The zero-order valence-electron chi connectivity index (χ0n) is 12.0. The van der Waals surface area contributed by atoms with E-state index < -0.39 is 5.60 Å². The first-order valence-electron chi connectivity index (χ1n) is 7.20. The van der Waals surface area contributed by atoms with Crippen molar-refractivity contribution in [1.29, 1.82) is 0 Å². The summed E-state index contributed by atoms with van der Waals surface area (Å²) < 4.78 is 5.44. The first-order chi connectivity index (χ1) is 9.18. The first-order valence-corrected chi connectivity index (χ1v) is 7.20. The molecule has 3 heteroatoms. The minimum absolute atomic E-state index is 0.513. The van der Waals surface area contributed by atoms with Gasteiger partial charge in [0.15, 0.2) is 0 Å². The lowest BCUT2D eigenvalue weighted by Crippen LogP contribution is -2.30. The third kappa shape index (κ3) is 3.48. The van der Waals surface area contributed by atoms with E-state index in [1.54, 1.807) is 7.11 Å². The lowest BCUT2D eigenvalue weighted by Gasteiger charge is -2.26. The quantitative estimate of drug-likeness (QED) is 0.633. The van der Waals surface area contributed by atoms with Crippen LogP contribution in [-0.4, -0.2) is 31.4 Å². The van der Waals surface area contributed by atoms with Crippen molar-refractivity contribution < 1.29 is 9.84 Å². The number of methoxy groups -OCH3 is 1. The summed E-state index contributed by atoms with van der Waals surface area (Å²) in [4.78, 5) is 0. The molecular formula is C16H25NO2. The van der Waals surface area contributed by atoms with Crippen molar-refractivity contribution in [2.24, 2.45) is 0 Å². The first kappa shape index (κ1) is 14.4. The van der Waals surface area contributed by atoms with Gasteiger partial charge < -0.3 is 15.2 Å². The average molecular weight is 263 g/mol. The molecule has 0 radical (unpaired) electrons. The molecule has 2 N–H and O–H groups in total. The fourth-order valence-corrected chi connectivity index (χ4v) is 3.01. The van der Waals surface area contributed by atoms with Crippen LogP contribution in [0, 0.1) is 0 Å². The number of ether oxygens (including phenoxy) is 1. The fourth-order valence-electron chi connectivity index (χ4n) is 3.01. The molecule has 106 valence electrons. The molecule has 1 aliphatic carbocycles. The van der Waals surface area contributed by atoms with Crippen molar-refractivity contribution in [3.63, 3.8) is 0 Å². The van der Waals surface area contributed by atoms with E-state index in [9.17, 15) is 5.11 Å². The van der Waals surface area contributed by atoms with Crippen LogP contribution < -0.4 is 10.1 Å². The van der Waals surface area contributed by atoms with Gasteiger partial charge in [0, 0.05) is 0 Å². The highest BCUT2D eigenvalue weighted by Gasteiger charge is 2.29. The summed E-state index contributed by atoms with van der Waals surface area (Å²) in [5.41, 5.74) is 2.11. The van der Waals surface area contributed by atoms with Crippen LogP contribution in [0.3, 0.4) is 0 Å². The van der Waals surface area contributed by atoms with Crippen molar-refractivity contribution in [2.75, 3.05) is 20.7 Å². The van der Waals surface area contributed by atoms with E-state index in [2.05, 4.69) is 11.4 Å². The van der Waals surface area contributed by atoms with Gasteiger partial charge in [-0.05, 0) is 69.3 Å². The monoisotopic (exact) mass is 263 g/mol. The summed E-state index contributed by atoms with van der Waals surface area (Å²) in [6.45, 7) is 0.971. The molecule has 0 aromatic heterocycles. The van der Waals surface area contributed by atoms with Crippen molar-refractivity contribution in [1.82, 2.24) is 5.32 Å². The van der Waals surface area contributed by atoms with Gasteiger partial charge in [-0.25, -0.2) is 0 Å². The molecule has 19 heavy (non-hydrogen) atoms. The minimum atomic E-state index is -0.513. The topological polar surface area (TPSA) is 41.5 Å². The Morgan fingerprint density at radius 1 is 1.32 bits per heavy atom. The molecule has 0 saturated carbocycles. The maximum Gasteiger partial charge on any atom is 0.122 e. The standard InChI is InChI=1S/C16H25NO2/c1-17-12-4-9-16(18)10-7-13-5-3-6-15(19-2)14(13)8-11-16/h3,5-6,17-18H,4,7-12H2,1-2H3. The largest absolute Gasteiger partial charge is 0.496 e. The molecule has 0 aliphatic heterocycles. The van der Waals surface area contributed by atoms with Crippen LogP contribution in [0.15, 0.2) is 18.2 Å². The molecule has 1 aromatic rings. The highest BCUT2D eigenvalue weighted by Crippen LogP contribution is 2.34. The average Bonchev–Trinajstić information content (AvgIpc) is 2.59. The maximum absolute atomic E-state index is 10.7. The number of aliphatic hydroxyl groups is 1. The number of aryl methyl sites for hydroxylation is 1. The molecule has 2 rings (SSSR count). The second kappa shape index (κ2) is 6.40. The molecule has 0 amide bonds. The van der Waals surface area contributed by atoms with E-state index in [-0.39, 0.29) is 0 Å². The Bertz CT molecular complexity index is 419. The SMILES string of the molecule is CNCCCC1(O)CCc2cccc(OC)c2CC1. The number of hydrogen-bond donors (Lipinski definition) is 2. The van der Waals surface area contributed by atoms with Crippen LogP contribution in [0.1, 0.15) is 36.8 Å². The van der Waals surface area contributed by atoms with Crippen molar-refractivity contribution in [3.05, 3.63) is 29.3 Å². The molecular weight excluding hydrogens is 238 g/mol. The Balaban J connectivity index is 2.07. The summed E-state index contributed by atoms with van der Waals surface area (Å²) in [6.07, 6.45) is 5.46. The third-order valence-electron chi connectivity index (χ3n) is 4.22. The number of rotatable bonds is 5. The summed E-state index contributed by atoms with van der Waals surface area (Å²) >= 11 is 0. The summed E-state index contributed by atoms with van der Waals surface area (Å²) in [6, 6.07) is 6.23. The van der Waals surface area contributed by atoms with E-state index >= 15 is 0 Å². The number of nitrogens with one attached hydrogen (secondary N) is 1. The lowest BCUT2D eigenvalue weighted by atomic mass is 9.89. The van der Waals surface area contributed by atoms with E-state index in [0.29, 0.717) is 0 Å². The Hall–Kier alpha value is -1.06. The zero-order valence-corrected chi connectivity index (χ0v) is 12.0. The lowest BCUT2D eigenvalue weighted by molar-refractivity contribution is 0.0155. The van der Waals surface area contributed by atoms with E-state index in [1.165, 1.54) is 11.1 Å². The molecule has 1 aliphatic rings. The smallest absolute Gasteiger partial charge is 0.122 e. The molecule has 0 saturated heterocycles. The summed E-state index contributed by atoms with van der Waals surface area (Å²) in [5.74, 6) is 0.969. The van der Waals surface area contributed by atoms with Crippen LogP contribution in [0.25, 0.3) is 0 Å².